The molecule has 0 saturated carbocycles. The summed E-state index contributed by atoms with van der Waals surface area (Å²) < 4.78 is 5.15. The molecule has 0 saturated heterocycles. The summed E-state index contributed by atoms with van der Waals surface area (Å²) in [4.78, 5) is 37.6. The largest absolute Gasteiger partial charge is 0.512 e. The van der Waals surface area contributed by atoms with Gasteiger partial charge in [0.1, 0.15) is 16.9 Å². The molecule has 2 rings (SSSR count). The molecule has 2 aliphatic carbocycles. The topological polar surface area (TPSA) is 101 Å². The molecular formula is C17H22O6. The summed E-state index contributed by atoms with van der Waals surface area (Å²) in [5, 5.41) is 20.5. The predicted octanol–water partition coefficient (Wildman–Crippen LogP) is 2.54. The van der Waals surface area contributed by atoms with E-state index in [9.17, 15) is 24.6 Å². The fraction of sp³-hybridized carbons (Fsp3) is 0.588. The number of esters is 1. The molecule has 6 nitrogen and oxygen atoms in total. The van der Waals surface area contributed by atoms with Crippen LogP contribution >= 0.6 is 0 Å². The lowest BCUT2D eigenvalue weighted by atomic mass is 9.64. The summed E-state index contributed by atoms with van der Waals surface area (Å²) in [5.74, 6) is -2.48. The van der Waals surface area contributed by atoms with Gasteiger partial charge < -0.3 is 14.9 Å². The number of Topliss-reactive ketones (excluding diaryl/α,β-unsaturated/α-hetero) is 2. The molecule has 0 atom stereocenters. The number of aliphatic hydroxyl groups excluding tert-OH is 2. The molecule has 0 radical (unpaired) electrons. The molecule has 0 bridgehead atoms. The first kappa shape index (κ1) is 17.2. The van der Waals surface area contributed by atoms with E-state index in [-0.39, 0.29) is 66.5 Å². The SMILES string of the molecule is CCOC(=O)C(C1=C(O)CCC1=O)(C1=C(O)CCC1=O)C(C)C. The van der Waals surface area contributed by atoms with E-state index in [1.165, 1.54) is 0 Å². The van der Waals surface area contributed by atoms with Crippen LogP contribution in [0.5, 0.6) is 0 Å². The molecule has 23 heavy (non-hydrogen) atoms. The monoisotopic (exact) mass is 322 g/mol. The van der Waals surface area contributed by atoms with Gasteiger partial charge in [0, 0.05) is 25.7 Å². The Balaban J connectivity index is 2.80. The van der Waals surface area contributed by atoms with Crippen LogP contribution in [-0.4, -0.2) is 34.4 Å². The van der Waals surface area contributed by atoms with Crippen molar-refractivity contribution in [2.24, 2.45) is 11.3 Å². The highest BCUT2D eigenvalue weighted by Gasteiger charge is 2.58. The number of carbonyl (C=O) groups excluding carboxylic acids is 3. The fourth-order valence-corrected chi connectivity index (χ4v) is 3.57. The molecule has 0 fully saturated rings. The minimum atomic E-state index is -1.74. The van der Waals surface area contributed by atoms with Crippen molar-refractivity contribution in [2.75, 3.05) is 6.61 Å². The first-order valence-electron chi connectivity index (χ1n) is 7.87. The minimum absolute atomic E-state index is 0.0672. The van der Waals surface area contributed by atoms with E-state index in [1.54, 1.807) is 20.8 Å². The molecule has 0 unspecified atom stereocenters. The van der Waals surface area contributed by atoms with Crippen LogP contribution in [0.3, 0.4) is 0 Å². The van der Waals surface area contributed by atoms with Crippen molar-refractivity contribution in [3.63, 3.8) is 0 Å². The zero-order valence-electron chi connectivity index (χ0n) is 13.6. The second kappa shape index (κ2) is 6.18. The van der Waals surface area contributed by atoms with Gasteiger partial charge in [0.05, 0.1) is 17.8 Å². The maximum absolute atomic E-state index is 12.8. The molecule has 0 aromatic heterocycles. The Bertz CT molecular complexity index is 583. The quantitative estimate of drug-likeness (QED) is 0.754. The third-order valence-electron chi connectivity index (χ3n) is 4.56. The van der Waals surface area contributed by atoms with Crippen molar-refractivity contribution in [3.8, 4) is 0 Å². The number of aliphatic hydroxyl groups is 2. The van der Waals surface area contributed by atoms with Crippen LogP contribution in [0.15, 0.2) is 22.7 Å². The maximum atomic E-state index is 12.8. The van der Waals surface area contributed by atoms with Gasteiger partial charge in [-0.05, 0) is 12.8 Å². The number of hydrogen-bond acceptors (Lipinski definition) is 6. The second-order valence-corrected chi connectivity index (χ2v) is 6.17. The average Bonchev–Trinajstić information content (AvgIpc) is 2.98. The van der Waals surface area contributed by atoms with E-state index in [1.807, 2.05) is 0 Å². The molecule has 0 aromatic rings. The van der Waals surface area contributed by atoms with E-state index in [2.05, 4.69) is 0 Å². The lowest BCUT2D eigenvalue weighted by Gasteiger charge is -2.36. The van der Waals surface area contributed by atoms with Crippen molar-refractivity contribution in [1.82, 2.24) is 0 Å². The number of carbonyl (C=O) groups is 3. The summed E-state index contributed by atoms with van der Waals surface area (Å²) >= 11 is 0. The van der Waals surface area contributed by atoms with Gasteiger partial charge in [0.2, 0.25) is 0 Å². The molecule has 0 aliphatic heterocycles. The number of rotatable bonds is 5. The van der Waals surface area contributed by atoms with Crippen LogP contribution in [0, 0.1) is 11.3 Å². The van der Waals surface area contributed by atoms with E-state index in [0.717, 1.165) is 0 Å². The first-order chi connectivity index (χ1) is 10.8. The van der Waals surface area contributed by atoms with Crippen LogP contribution < -0.4 is 0 Å². The van der Waals surface area contributed by atoms with Crippen molar-refractivity contribution < 1.29 is 29.3 Å². The molecule has 126 valence electrons. The number of ketones is 2. The van der Waals surface area contributed by atoms with Crippen molar-refractivity contribution in [1.29, 1.82) is 0 Å². The van der Waals surface area contributed by atoms with Gasteiger partial charge in [0.15, 0.2) is 11.6 Å². The normalized spacial score (nSPS) is 19.3. The summed E-state index contributed by atoms with van der Waals surface area (Å²) in [6.45, 7) is 5.04. The summed E-state index contributed by atoms with van der Waals surface area (Å²) in [7, 11) is 0. The first-order valence-corrected chi connectivity index (χ1v) is 7.87. The van der Waals surface area contributed by atoms with Gasteiger partial charge in [0.25, 0.3) is 0 Å². The molecule has 0 aromatic carbocycles. The Hall–Kier alpha value is -2.11. The zero-order chi connectivity index (χ0) is 17.4. The summed E-state index contributed by atoms with van der Waals surface area (Å²) in [6.07, 6.45) is 0.420. The summed E-state index contributed by atoms with van der Waals surface area (Å²) in [6, 6.07) is 0. The van der Waals surface area contributed by atoms with E-state index >= 15 is 0 Å². The number of allylic oxidation sites excluding steroid dienone is 2. The molecule has 0 amide bonds. The summed E-state index contributed by atoms with van der Waals surface area (Å²) in [5.41, 5.74) is -1.93. The standard InChI is InChI=1S/C17H22O6/c1-4-23-16(22)17(9(2)3,14-10(18)5-6-11(14)19)15-12(20)7-8-13(15)21/h9,18,20H,4-8H2,1-3H3. The van der Waals surface area contributed by atoms with Gasteiger partial charge in [-0.15, -0.1) is 0 Å². The zero-order valence-corrected chi connectivity index (χ0v) is 13.6. The molecule has 0 spiro atoms. The van der Waals surface area contributed by atoms with Crippen LogP contribution in [0.1, 0.15) is 46.5 Å². The lowest BCUT2D eigenvalue weighted by Crippen LogP contribution is -2.45. The fourth-order valence-electron chi connectivity index (χ4n) is 3.57. The Labute approximate surface area is 134 Å². The molecular weight excluding hydrogens is 300 g/mol. The van der Waals surface area contributed by atoms with Gasteiger partial charge >= 0.3 is 5.97 Å². The molecule has 2 N–H and O–H groups in total. The Morgan fingerprint density at radius 3 is 1.74 bits per heavy atom. The Morgan fingerprint density at radius 2 is 1.48 bits per heavy atom. The highest BCUT2D eigenvalue weighted by Crippen LogP contribution is 2.51. The van der Waals surface area contributed by atoms with Gasteiger partial charge in [-0.2, -0.15) is 0 Å². The third-order valence-corrected chi connectivity index (χ3v) is 4.56. The average molecular weight is 322 g/mol. The smallest absolute Gasteiger partial charge is 0.321 e. The lowest BCUT2D eigenvalue weighted by molar-refractivity contribution is -0.155. The minimum Gasteiger partial charge on any atom is -0.512 e. The highest BCUT2D eigenvalue weighted by molar-refractivity contribution is 6.13. The van der Waals surface area contributed by atoms with Crippen molar-refractivity contribution in [2.45, 2.75) is 46.5 Å². The van der Waals surface area contributed by atoms with Crippen molar-refractivity contribution in [3.05, 3.63) is 22.7 Å². The van der Waals surface area contributed by atoms with Crippen LogP contribution in [-0.2, 0) is 19.1 Å². The number of hydrogen-bond donors (Lipinski definition) is 2. The number of ether oxygens (including phenoxy) is 1. The Kier molecular flexibility index (Phi) is 4.63. The highest BCUT2D eigenvalue weighted by atomic mass is 16.5. The Morgan fingerprint density at radius 1 is 1.04 bits per heavy atom. The van der Waals surface area contributed by atoms with Crippen LogP contribution in [0.2, 0.25) is 0 Å². The van der Waals surface area contributed by atoms with Crippen LogP contribution in [0.25, 0.3) is 0 Å². The molecule has 6 heteroatoms. The molecule has 2 aliphatic rings. The third kappa shape index (κ3) is 2.46. The second-order valence-electron chi connectivity index (χ2n) is 6.17. The van der Waals surface area contributed by atoms with E-state index in [0.29, 0.717) is 0 Å². The molecule has 0 heterocycles. The van der Waals surface area contributed by atoms with Gasteiger partial charge in [-0.25, -0.2) is 0 Å². The predicted molar refractivity (Wildman–Crippen MR) is 81.7 cm³/mol. The van der Waals surface area contributed by atoms with E-state index < -0.39 is 17.3 Å². The van der Waals surface area contributed by atoms with Gasteiger partial charge in [-0.1, -0.05) is 13.8 Å². The maximum Gasteiger partial charge on any atom is 0.321 e. The van der Waals surface area contributed by atoms with Gasteiger partial charge in [-0.3, -0.25) is 14.4 Å². The van der Waals surface area contributed by atoms with E-state index in [4.69, 9.17) is 4.74 Å². The van der Waals surface area contributed by atoms with Crippen LogP contribution in [0.4, 0.5) is 0 Å². The van der Waals surface area contributed by atoms with Crippen molar-refractivity contribution >= 4 is 17.5 Å².